The van der Waals surface area contributed by atoms with Crippen molar-refractivity contribution in [3.63, 3.8) is 0 Å². The van der Waals surface area contributed by atoms with E-state index in [0.717, 1.165) is 6.54 Å². The largest absolute Gasteiger partial charge is 0.299 e. The van der Waals surface area contributed by atoms with Crippen LogP contribution in [0.5, 0.6) is 0 Å². The molecule has 0 aromatic heterocycles. The standard InChI is InChI=1S/C15H23NS/c1-2-11-17-15-8-6-7-14(12-15)13-16-9-4-3-5-10-16/h6-8,12H,2-5,9-11,13H2,1H3. The Labute approximate surface area is 110 Å². The third-order valence-corrected chi connectivity index (χ3v) is 4.43. The van der Waals surface area contributed by atoms with Crippen molar-refractivity contribution in [3.8, 4) is 0 Å². The van der Waals surface area contributed by atoms with Crippen molar-refractivity contribution in [2.75, 3.05) is 18.8 Å². The molecule has 1 fully saturated rings. The Bertz CT molecular complexity index is 331. The van der Waals surface area contributed by atoms with Crippen LogP contribution in [0.15, 0.2) is 29.2 Å². The van der Waals surface area contributed by atoms with Gasteiger partial charge in [0.2, 0.25) is 0 Å². The molecule has 1 aromatic carbocycles. The lowest BCUT2D eigenvalue weighted by molar-refractivity contribution is 0.221. The number of hydrogen-bond acceptors (Lipinski definition) is 2. The lowest BCUT2D eigenvalue weighted by atomic mass is 10.1. The summed E-state index contributed by atoms with van der Waals surface area (Å²) in [4.78, 5) is 4.02. The lowest BCUT2D eigenvalue weighted by Gasteiger charge is -2.26. The van der Waals surface area contributed by atoms with Crippen molar-refractivity contribution in [3.05, 3.63) is 29.8 Å². The molecule has 0 amide bonds. The minimum atomic E-state index is 1.14. The third kappa shape index (κ3) is 4.36. The van der Waals surface area contributed by atoms with Crippen molar-refractivity contribution < 1.29 is 0 Å². The van der Waals surface area contributed by atoms with Gasteiger partial charge in [0.25, 0.3) is 0 Å². The lowest BCUT2D eigenvalue weighted by Crippen LogP contribution is -2.29. The summed E-state index contributed by atoms with van der Waals surface area (Å²) >= 11 is 1.98. The van der Waals surface area contributed by atoms with Crippen LogP contribution in [-0.2, 0) is 6.54 Å². The van der Waals surface area contributed by atoms with Gasteiger partial charge in [0.05, 0.1) is 0 Å². The van der Waals surface area contributed by atoms with Crippen molar-refractivity contribution >= 4 is 11.8 Å². The Morgan fingerprint density at radius 3 is 2.76 bits per heavy atom. The first-order valence-corrected chi connectivity index (χ1v) is 7.81. The van der Waals surface area contributed by atoms with Crippen LogP contribution >= 0.6 is 11.8 Å². The van der Waals surface area contributed by atoms with E-state index in [0.29, 0.717) is 0 Å². The van der Waals surface area contributed by atoms with E-state index in [1.807, 2.05) is 11.8 Å². The fourth-order valence-corrected chi connectivity index (χ4v) is 3.18. The van der Waals surface area contributed by atoms with Gasteiger partial charge in [-0.2, -0.15) is 0 Å². The Balaban J connectivity index is 1.90. The van der Waals surface area contributed by atoms with Crippen LogP contribution in [0.25, 0.3) is 0 Å². The summed E-state index contributed by atoms with van der Waals surface area (Å²) in [5.74, 6) is 1.23. The fourth-order valence-electron chi connectivity index (χ4n) is 2.33. The Morgan fingerprint density at radius 2 is 2.00 bits per heavy atom. The molecule has 0 bridgehead atoms. The monoisotopic (exact) mass is 249 g/mol. The van der Waals surface area contributed by atoms with E-state index in [-0.39, 0.29) is 0 Å². The molecule has 1 heterocycles. The molecule has 1 aliphatic rings. The first kappa shape index (κ1) is 13.0. The highest BCUT2D eigenvalue weighted by atomic mass is 32.2. The molecule has 0 aliphatic carbocycles. The smallest absolute Gasteiger partial charge is 0.0234 e. The van der Waals surface area contributed by atoms with Crippen LogP contribution in [0.3, 0.4) is 0 Å². The molecule has 0 N–H and O–H groups in total. The van der Waals surface area contributed by atoms with E-state index in [2.05, 4.69) is 36.1 Å². The van der Waals surface area contributed by atoms with Gasteiger partial charge in [-0.15, -0.1) is 11.8 Å². The maximum Gasteiger partial charge on any atom is 0.0234 e. The Kier molecular flexibility index (Phi) is 5.40. The first-order chi connectivity index (χ1) is 8.38. The van der Waals surface area contributed by atoms with Gasteiger partial charge in [-0.05, 0) is 55.8 Å². The highest BCUT2D eigenvalue weighted by Crippen LogP contribution is 2.21. The summed E-state index contributed by atoms with van der Waals surface area (Å²) in [5, 5.41) is 0. The van der Waals surface area contributed by atoms with Gasteiger partial charge < -0.3 is 0 Å². The molecule has 1 saturated heterocycles. The van der Waals surface area contributed by atoms with Crippen LogP contribution < -0.4 is 0 Å². The highest BCUT2D eigenvalue weighted by molar-refractivity contribution is 7.99. The first-order valence-electron chi connectivity index (χ1n) is 6.82. The van der Waals surface area contributed by atoms with E-state index < -0.39 is 0 Å². The average molecular weight is 249 g/mol. The maximum atomic E-state index is 2.59. The number of thioether (sulfide) groups is 1. The molecular formula is C15H23NS. The van der Waals surface area contributed by atoms with Crippen molar-refractivity contribution in [1.82, 2.24) is 4.90 Å². The zero-order chi connectivity index (χ0) is 11.9. The number of hydrogen-bond donors (Lipinski definition) is 0. The molecule has 0 radical (unpaired) electrons. The average Bonchev–Trinajstić information content (AvgIpc) is 2.38. The van der Waals surface area contributed by atoms with Gasteiger partial charge in [0, 0.05) is 11.4 Å². The second-order valence-electron chi connectivity index (χ2n) is 4.83. The minimum Gasteiger partial charge on any atom is -0.299 e. The third-order valence-electron chi connectivity index (χ3n) is 3.23. The molecule has 2 heteroatoms. The molecule has 1 nitrogen and oxygen atoms in total. The van der Waals surface area contributed by atoms with Crippen LogP contribution in [0, 0.1) is 0 Å². The Hall–Kier alpha value is -0.470. The van der Waals surface area contributed by atoms with Crippen LogP contribution in [0.2, 0.25) is 0 Å². The summed E-state index contributed by atoms with van der Waals surface area (Å²) in [6.07, 6.45) is 5.43. The Morgan fingerprint density at radius 1 is 1.18 bits per heavy atom. The SMILES string of the molecule is CCCSc1cccc(CN2CCCCC2)c1. The van der Waals surface area contributed by atoms with Crippen molar-refractivity contribution in [2.45, 2.75) is 44.0 Å². The van der Waals surface area contributed by atoms with E-state index in [1.165, 1.54) is 55.0 Å². The normalized spacial score (nSPS) is 17.2. The van der Waals surface area contributed by atoms with E-state index in [1.54, 1.807) is 0 Å². The van der Waals surface area contributed by atoms with Gasteiger partial charge in [0.1, 0.15) is 0 Å². The van der Waals surface area contributed by atoms with Gasteiger partial charge in [-0.3, -0.25) is 4.90 Å². The van der Waals surface area contributed by atoms with Gasteiger partial charge in [-0.1, -0.05) is 25.5 Å². The quantitative estimate of drug-likeness (QED) is 0.720. The minimum absolute atomic E-state index is 1.14. The molecule has 2 rings (SSSR count). The van der Waals surface area contributed by atoms with Crippen molar-refractivity contribution in [2.24, 2.45) is 0 Å². The molecule has 1 aromatic rings. The summed E-state index contributed by atoms with van der Waals surface area (Å²) in [5.41, 5.74) is 1.48. The molecule has 1 aliphatic heterocycles. The number of likely N-dealkylation sites (tertiary alicyclic amines) is 1. The second-order valence-corrected chi connectivity index (χ2v) is 6.00. The van der Waals surface area contributed by atoms with Gasteiger partial charge >= 0.3 is 0 Å². The zero-order valence-electron chi connectivity index (χ0n) is 10.8. The number of rotatable bonds is 5. The number of nitrogens with zero attached hydrogens (tertiary/aromatic N) is 1. The second kappa shape index (κ2) is 7.07. The molecule has 17 heavy (non-hydrogen) atoms. The van der Waals surface area contributed by atoms with Crippen molar-refractivity contribution in [1.29, 1.82) is 0 Å². The molecule has 94 valence electrons. The maximum absolute atomic E-state index is 2.59. The predicted octanol–water partition coefficient (Wildman–Crippen LogP) is 4.17. The van der Waals surface area contributed by atoms with Crippen LogP contribution in [0.4, 0.5) is 0 Å². The molecule has 0 spiro atoms. The van der Waals surface area contributed by atoms with Gasteiger partial charge in [0.15, 0.2) is 0 Å². The molecular weight excluding hydrogens is 226 g/mol. The fraction of sp³-hybridized carbons (Fsp3) is 0.600. The summed E-state index contributed by atoms with van der Waals surface area (Å²) in [6, 6.07) is 9.08. The highest BCUT2D eigenvalue weighted by Gasteiger charge is 2.10. The zero-order valence-corrected chi connectivity index (χ0v) is 11.6. The summed E-state index contributed by atoms with van der Waals surface area (Å²) < 4.78 is 0. The van der Waals surface area contributed by atoms with Crippen LogP contribution in [0.1, 0.15) is 38.2 Å². The topological polar surface area (TPSA) is 3.24 Å². The van der Waals surface area contributed by atoms with E-state index in [4.69, 9.17) is 0 Å². The van der Waals surface area contributed by atoms with Crippen LogP contribution in [-0.4, -0.2) is 23.7 Å². The molecule has 0 unspecified atom stereocenters. The number of piperidine rings is 1. The summed E-state index contributed by atoms with van der Waals surface area (Å²) in [6.45, 7) is 5.95. The predicted molar refractivity (Wildman–Crippen MR) is 76.6 cm³/mol. The van der Waals surface area contributed by atoms with E-state index in [9.17, 15) is 0 Å². The molecule has 0 atom stereocenters. The van der Waals surface area contributed by atoms with E-state index >= 15 is 0 Å². The molecule has 0 saturated carbocycles. The summed E-state index contributed by atoms with van der Waals surface area (Å²) in [7, 11) is 0. The van der Waals surface area contributed by atoms with Gasteiger partial charge in [-0.25, -0.2) is 0 Å². The number of benzene rings is 1.